The van der Waals surface area contributed by atoms with Gasteiger partial charge >= 0.3 is 0 Å². The number of nitrogens with one attached hydrogen (secondary N) is 1. The van der Waals surface area contributed by atoms with Crippen LogP contribution in [0.25, 0.3) is 0 Å². The Labute approximate surface area is 124 Å². The average Bonchev–Trinajstić information content (AvgIpc) is 2.44. The fraction of sp³-hybridized carbons (Fsp3) is 0.294. The van der Waals surface area contributed by atoms with E-state index in [4.69, 9.17) is 0 Å². The van der Waals surface area contributed by atoms with Gasteiger partial charge in [-0.15, -0.1) is 11.8 Å². The van der Waals surface area contributed by atoms with Crippen molar-refractivity contribution in [3.05, 3.63) is 65.0 Å². The van der Waals surface area contributed by atoms with E-state index in [1.54, 1.807) is 17.8 Å². The molecule has 0 saturated carbocycles. The van der Waals surface area contributed by atoms with E-state index < -0.39 is 0 Å². The highest BCUT2D eigenvalue weighted by molar-refractivity contribution is 7.98. The average molecular weight is 289 g/mol. The van der Waals surface area contributed by atoms with Crippen molar-refractivity contribution in [2.75, 3.05) is 6.54 Å². The maximum Gasteiger partial charge on any atom is 0.123 e. The Morgan fingerprint density at radius 3 is 2.75 bits per heavy atom. The van der Waals surface area contributed by atoms with Crippen LogP contribution in [0.4, 0.5) is 4.39 Å². The second kappa shape index (κ2) is 7.46. The summed E-state index contributed by atoms with van der Waals surface area (Å²) < 4.78 is 13.4. The van der Waals surface area contributed by atoms with E-state index in [9.17, 15) is 4.39 Å². The highest BCUT2D eigenvalue weighted by atomic mass is 32.2. The predicted molar refractivity (Wildman–Crippen MR) is 84.5 cm³/mol. The lowest BCUT2D eigenvalue weighted by Crippen LogP contribution is -2.12. The van der Waals surface area contributed by atoms with Crippen LogP contribution in [0.2, 0.25) is 0 Å². The molecule has 1 N–H and O–H groups in total. The van der Waals surface area contributed by atoms with Crippen molar-refractivity contribution in [3.63, 3.8) is 0 Å². The summed E-state index contributed by atoms with van der Waals surface area (Å²) in [5.41, 5.74) is 3.60. The lowest BCUT2D eigenvalue weighted by atomic mass is 10.2. The van der Waals surface area contributed by atoms with E-state index in [2.05, 4.69) is 43.4 Å². The molecule has 0 heterocycles. The molecule has 0 amide bonds. The van der Waals surface area contributed by atoms with Gasteiger partial charge < -0.3 is 5.32 Å². The second-order valence-electron chi connectivity index (χ2n) is 4.81. The van der Waals surface area contributed by atoms with Gasteiger partial charge in [0.1, 0.15) is 5.82 Å². The largest absolute Gasteiger partial charge is 0.313 e. The molecule has 0 bridgehead atoms. The minimum atomic E-state index is -0.169. The van der Waals surface area contributed by atoms with E-state index in [-0.39, 0.29) is 5.82 Å². The van der Waals surface area contributed by atoms with Gasteiger partial charge in [0, 0.05) is 17.2 Å². The van der Waals surface area contributed by atoms with Crippen LogP contribution in [0.15, 0.2) is 47.4 Å². The Balaban J connectivity index is 2.08. The molecule has 0 aromatic heterocycles. The first kappa shape index (κ1) is 15.1. The normalized spacial score (nSPS) is 10.8. The van der Waals surface area contributed by atoms with Crippen LogP contribution in [-0.4, -0.2) is 6.54 Å². The van der Waals surface area contributed by atoms with E-state index >= 15 is 0 Å². The van der Waals surface area contributed by atoms with Crippen molar-refractivity contribution >= 4 is 11.8 Å². The molecule has 0 saturated heterocycles. The van der Waals surface area contributed by atoms with Crippen molar-refractivity contribution in [2.45, 2.75) is 31.0 Å². The summed E-state index contributed by atoms with van der Waals surface area (Å²) in [5, 5.41) is 3.26. The molecule has 106 valence electrons. The number of hydrogen-bond acceptors (Lipinski definition) is 2. The van der Waals surface area contributed by atoms with E-state index in [0.29, 0.717) is 6.54 Å². The van der Waals surface area contributed by atoms with Gasteiger partial charge in [-0.25, -0.2) is 4.39 Å². The van der Waals surface area contributed by atoms with E-state index in [1.165, 1.54) is 17.2 Å². The van der Waals surface area contributed by atoms with Gasteiger partial charge in [-0.1, -0.05) is 36.8 Å². The van der Waals surface area contributed by atoms with Crippen LogP contribution in [0.1, 0.15) is 23.6 Å². The number of benzene rings is 2. The van der Waals surface area contributed by atoms with Crippen molar-refractivity contribution < 1.29 is 4.39 Å². The van der Waals surface area contributed by atoms with Gasteiger partial charge in [0.15, 0.2) is 0 Å². The second-order valence-corrected chi connectivity index (χ2v) is 5.83. The third-order valence-corrected chi connectivity index (χ3v) is 4.25. The highest BCUT2D eigenvalue weighted by Gasteiger charge is 2.05. The zero-order valence-electron chi connectivity index (χ0n) is 11.9. The number of aryl methyl sites for hydroxylation is 1. The Kier molecular flexibility index (Phi) is 5.62. The zero-order chi connectivity index (χ0) is 14.4. The number of rotatable bonds is 6. The van der Waals surface area contributed by atoms with Crippen molar-refractivity contribution in [1.29, 1.82) is 0 Å². The molecule has 0 fully saturated rings. The minimum absolute atomic E-state index is 0.169. The van der Waals surface area contributed by atoms with Crippen molar-refractivity contribution in [2.24, 2.45) is 0 Å². The summed E-state index contributed by atoms with van der Waals surface area (Å²) >= 11 is 1.76. The van der Waals surface area contributed by atoms with Gasteiger partial charge in [-0.3, -0.25) is 0 Å². The monoisotopic (exact) mass is 289 g/mol. The summed E-state index contributed by atoms with van der Waals surface area (Å²) in [6, 6.07) is 13.5. The van der Waals surface area contributed by atoms with Crippen LogP contribution in [0, 0.1) is 12.7 Å². The van der Waals surface area contributed by atoms with Crippen LogP contribution < -0.4 is 5.32 Å². The summed E-state index contributed by atoms with van der Waals surface area (Å²) in [6.07, 6.45) is 0. The maximum absolute atomic E-state index is 13.4. The molecule has 0 atom stereocenters. The number of hydrogen-bond donors (Lipinski definition) is 1. The third kappa shape index (κ3) is 4.36. The summed E-state index contributed by atoms with van der Waals surface area (Å²) in [6.45, 7) is 5.75. The van der Waals surface area contributed by atoms with Gasteiger partial charge in [0.05, 0.1) is 0 Å². The first-order valence-corrected chi connectivity index (χ1v) is 7.85. The lowest BCUT2D eigenvalue weighted by Gasteiger charge is -2.10. The third-order valence-electron chi connectivity index (χ3n) is 3.06. The molecule has 0 unspecified atom stereocenters. The molecule has 0 radical (unpaired) electrons. The van der Waals surface area contributed by atoms with Gasteiger partial charge in [0.25, 0.3) is 0 Å². The van der Waals surface area contributed by atoms with Crippen LogP contribution in [0.3, 0.4) is 0 Å². The Morgan fingerprint density at radius 1 is 1.15 bits per heavy atom. The molecule has 3 heteroatoms. The number of thioether (sulfide) groups is 1. The van der Waals surface area contributed by atoms with E-state index in [1.807, 2.05) is 6.07 Å². The molecule has 2 aromatic rings. The van der Waals surface area contributed by atoms with Gasteiger partial charge in [-0.05, 0) is 42.8 Å². The smallest absolute Gasteiger partial charge is 0.123 e. The molecule has 1 nitrogen and oxygen atoms in total. The Morgan fingerprint density at radius 2 is 2.00 bits per heavy atom. The maximum atomic E-state index is 13.4. The van der Waals surface area contributed by atoms with Crippen LogP contribution >= 0.6 is 11.8 Å². The topological polar surface area (TPSA) is 12.0 Å². The van der Waals surface area contributed by atoms with Crippen LogP contribution in [0.5, 0.6) is 0 Å². The highest BCUT2D eigenvalue weighted by Crippen LogP contribution is 2.27. The molecular weight excluding hydrogens is 269 g/mol. The fourth-order valence-corrected chi connectivity index (χ4v) is 3.03. The number of halogens is 1. The molecule has 2 rings (SSSR count). The SMILES string of the molecule is CCNCc1cc(F)ccc1SCc1cccc(C)c1. The lowest BCUT2D eigenvalue weighted by molar-refractivity contribution is 0.619. The molecule has 0 aliphatic carbocycles. The van der Waals surface area contributed by atoms with E-state index in [0.717, 1.165) is 22.8 Å². The first-order chi connectivity index (χ1) is 9.69. The molecule has 20 heavy (non-hydrogen) atoms. The fourth-order valence-electron chi connectivity index (χ4n) is 2.05. The summed E-state index contributed by atoms with van der Waals surface area (Å²) in [5.74, 6) is 0.740. The summed E-state index contributed by atoms with van der Waals surface area (Å²) in [7, 11) is 0. The molecular formula is C17H20FNS. The Bertz CT molecular complexity index is 569. The van der Waals surface area contributed by atoms with Gasteiger partial charge in [0.2, 0.25) is 0 Å². The zero-order valence-corrected chi connectivity index (χ0v) is 12.8. The van der Waals surface area contributed by atoms with Crippen molar-refractivity contribution in [1.82, 2.24) is 5.32 Å². The van der Waals surface area contributed by atoms with Crippen LogP contribution in [-0.2, 0) is 12.3 Å². The quantitative estimate of drug-likeness (QED) is 0.784. The summed E-state index contributed by atoms with van der Waals surface area (Å²) in [4.78, 5) is 1.15. The first-order valence-electron chi connectivity index (χ1n) is 6.86. The minimum Gasteiger partial charge on any atom is -0.313 e. The molecule has 0 aliphatic rings. The van der Waals surface area contributed by atoms with Crippen molar-refractivity contribution in [3.8, 4) is 0 Å². The predicted octanol–water partition coefficient (Wildman–Crippen LogP) is 4.54. The standard InChI is InChI=1S/C17H20FNS/c1-3-19-11-15-10-16(18)7-8-17(15)20-12-14-6-4-5-13(2)9-14/h4-10,19H,3,11-12H2,1-2H3. The Hall–Kier alpha value is -1.32. The molecule has 2 aromatic carbocycles. The van der Waals surface area contributed by atoms with Gasteiger partial charge in [-0.2, -0.15) is 0 Å². The molecule has 0 spiro atoms. The molecule has 0 aliphatic heterocycles.